The summed E-state index contributed by atoms with van der Waals surface area (Å²) in [6, 6.07) is 16.4. The minimum Gasteiger partial charge on any atom is -0.355 e. The molecule has 0 radical (unpaired) electrons. The molecule has 0 unspecified atom stereocenters. The van der Waals surface area contributed by atoms with Crippen molar-refractivity contribution >= 4 is 46.4 Å². The van der Waals surface area contributed by atoms with Crippen molar-refractivity contribution in [1.29, 1.82) is 0 Å². The summed E-state index contributed by atoms with van der Waals surface area (Å²) in [5, 5.41) is 0. The first kappa shape index (κ1) is 16.4. The van der Waals surface area contributed by atoms with E-state index >= 15 is 0 Å². The molecule has 0 spiro atoms. The van der Waals surface area contributed by atoms with E-state index in [4.69, 9.17) is 0 Å². The molecule has 0 aromatic carbocycles. The maximum atomic E-state index is 4.62. The number of nitrogens with one attached hydrogen (secondary N) is 2. The Hall–Kier alpha value is -2.08. The van der Waals surface area contributed by atoms with E-state index in [9.17, 15) is 0 Å². The zero-order valence-electron chi connectivity index (χ0n) is 13.2. The van der Waals surface area contributed by atoms with Gasteiger partial charge in [-0.1, -0.05) is 0 Å². The average Bonchev–Trinajstić information content (AvgIpc) is 3.32. The number of hydrogen-bond donors (Lipinski definition) is 2. The van der Waals surface area contributed by atoms with Crippen molar-refractivity contribution in [2.45, 2.75) is 0 Å². The molecular weight excluding hydrogens is 453 g/mol. The molecule has 3 aromatic rings. The van der Waals surface area contributed by atoms with Gasteiger partial charge in [0.15, 0.2) is 0 Å². The van der Waals surface area contributed by atoms with Crippen LogP contribution in [0.25, 0.3) is 46.4 Å². The van der Waals surface area contributed by atoms with Gasteiger partial charge in [-0.15, -0.1) is 0 Å². The Morgan fingerprint density at radius 1 is 0.480 bits per heavy atom. The van der Waals surface area contributed by atoms with Crippen LogP contribution in [0.4, 0.5) is 0 Å². The summed E-state index contributed by atoms with van der Waals surface area (Å²) in [5.74, 6) is 0. The SMILES string of the molecule is C1=Cc2cc3ccc(cc4ccc(cc5nc(cc1n2)C=C5)[nH]4)[nH]3.[Gd]. The van der Waals surface area contributed by atoms with Crippen molar-refractivity contribution in [2.75, 3.05) is 0 Å². The van der Waals surface area contributed by atoms with Gasteiger partial charge >= 0.3 is 0 Å². The fourth-order valence-corrected chi connectivity index (χ4v) is 2.94. The molecule has 2 N–H and O–H groups in total. The van der Waals surface area contributed by atoms with Crippen molar-refractivity contribution < 1.29 is 39.9 Å². The first-order valence-electron chi connectivity index (χ1n) is 7.85. The van der Waals surface area contributed by atoms with E-state index in [1.54, 1.807) is 0 Å². The summed E-state index contributed by atoms with van der Waals surface area (Å²) in [4.78, 5) is 16.0. The van der Waals surface area contributed by atoms with Crippen molar-refractivity contribution in [3.63, 3.8) is 0 Å². The van der Waals surface area contributed by atoms with Crippen molar-refractivity contribution in [3.05, 3.63) is 71.3 Å². The summed E-state index contributed by atoms with van der Waals surface area (Å²) in [6.45, 7) is 0. The molecular formula is C20H14GdN4. The Morgan fingerprint density at radius 3 is 1.28 bits per heavy atom. The van der Waals surface area contributed by atoms with E-state index in [1.165, 1.54) is 0 Å². The van der Waals surface area contributed by atoms with Crippen LogP contribution in [0.1, 0.15) is 22.8 Å². The zero-order valence-corrected chi connectivity index (χ0v) is 15.4. The van der Waals surface area contributed by atoms with E-state index in [-0.39, 0.29) is 39.9 Å². The largest absolute Gasteiger partial charge is 0.355 e. The van der Waals surface area contributed by atoms with Gasteiger partial charge in [-0.25, -0.2) is 9.97 Å². The van der Waals surface area contributed by atoms with Gasteiger partial charge in [0.2, 0.25) is 0 Å². The summed E-state index contributed by atoms with van der Waals surface area (Å²) >= 11 is 0. The molecule has 0 atom stereocenters. The quantitative estimate of drug-likeness (QED) is 0.348. The topological polar surface area (TPSA) is 57.4 Å². The van der Waals surface area contributed by atoms with Gasteiger partial charge in [-0.3, -0.25) is 0 Å². The second-order valence-electron chi connectivity index (χ2n) is 5.91. The smallest absolute Gasteiger partial charge is 0.0659 e. The summed E-state index contributed by atoms with van der Waals surface area (Å²) in [5.41, 5.74) is 7.86. The predicted molar refractivity (Wildman–Crippen MR) is 98.9 cm³/mol. The van der Waals surface area contributed by atoms with Crippen LogP contribution in [0.5, 0.6) is 0 Å². The Labute approximate surface area is 176 Å². The van der Waals surface area contributed by atoms with E-state index < -0.39 is 0 Å². The molecule has 5 heteroatoms. The van der Waals surface area contributed by atoms with Crippen LogP contribution in [0.3, 0.4) is 0 Å². The second-order valence-corrected chi connectivity index (χ2v) is 5.91. The van der Waals surface area contributed by atoms with E-state index in [0.717, 1.165) is 44.8 Å². The van der Waals surface area contributed by atoms with Gasteiger partial charge in [-0.2, -0.15) is 0 Å². The van der Waals surface area contributed by atoms with Crippen LogP contribution in [-0.2, 0) is 0 Å². The fraction of sp³-hybridized carbons (Fsp3) is 0. The monoisotopic (exact) mass is 468 g/mol. The summed E-state index contributed by atoms with van der Waals surface area (Å²) < 4.78 is 0. The van der Waals surface area contributed by atoms with Crippen molar-refractivity contribution in [1.82, 2.24) is 19.9 Å². The van der Waals surface area contributed by atoms with E-state index in [1.807, 2.05) is 42.5 Å². The minimum absolute atomic E-state index is 0. The molecule has 0 saturated heterocycles. The number of aromatic nitrogens is 4. The normalized spacial score (nSPS) is 12.2. The zero-order chi connectivity index (χ0) is 15.9. The van der Waals surface area contributed by atoms with Crippen LogP contribution >= 0.6 is 0 Å². The minimum atomic E-state index is 0. The number of fused-ring (bicyclic) bond motifs is 8. The predicted octanol–water partition coefficient (Wildman–Crippen LogP) is 4.66. The molecule has 0 amide bonds. The van der Waals surface area contributed by atoms with E-state index in [0.29, 0.717) is 0 Å². The molecule has 5 heterocycles. The first-order chi connectivity index (χ1) is 11.8. The van der Waals surface area contributed by atoms with Crippen LogP contribution in [0.15, 0.2) is 48.5 Å². The molecule has 3 aromatic heterocycles. The third-order valence-electron chi connectivity index (χ3n) is 4.04. The Bertz CT molecular complexity index is 1080. The number of hydrogen-bond acceptors (Lipinski definition) is 2. The summed E-state index contributed by atoms with van der Waals surface area (Å²) in [6.07, 6.45) is 8.05. The molecule has 4 nitrogen and oxygen atoms in total. The number of nitrogens with zero attached hydrogens (tertiary/aromatic N) is 2. The Kier molecular flexibility index (Phi) is 4.38. The van der Waals surface area contributed by atoms with Gasteiger partial charge in [-0.05, 0) is 72.8 Å². The molecule has 0 saturated carbocycles. The molecule has 0 fully saturated rings. The maximum absolute atomic E-state index is 4.62. The van der Waals surface area contributed by atoms with Gasteiger partial charge in [0, 0.05) is 62.0 Å². The molecule has 0 aliphatic carbocycles. The standard InChI is InChI=1S/C20H14N4.Gd/c1-2-14-10-16-5-6-18(23-16)12-20-8-7-19(24-20)11-17-4-3-15(22-17)9-13(1)21-14;/h1-12,21-22H;. The molecule has 8 bridgehead atoms. The molecule has 2 aliphatic rings. The van der Waals surface area contributed by atoms with Crippen LogP contribution in [0, 0.1) is 39.9 Å². The fourth-order valence-electron chi connectivity index (χ4n) is 2.94. The number of rotatable bonds is 0. The van der Waals surface area contributed by atoms with Gasteiger partial charge in [0.1, 0.15) is 0 Å². The number of H-pyrrole nitrogens is 2. The maximum Gasteiger partial charge on any atom is 0.0659 e. The molecule has 122 valence electrons. The van der Waals surface area contributed by atoms with Gasteiger partial charge < -0.3 is 9.97 Å². The molecule has 5 rings (SSSR count). The van der Waals surface area contributed by atoms with Crippen molar-refractivity contribution in [3.8, 4) is 0 Å². The Morgan fingerprint density at radius 2 is 0.840 bits per heavy atom. The van der Waals surface area contributed by atoms with Gasteiger partial charge in [0.05, 0.1) is 22.8 Å². The third kappa shape index (κ3) is 3.49. The van der Waals surface area contributed by atoms with Crippen molar-refractivity contribution in [2.24, 2.45) is 0 Å². The first-order valence-corrected chi connectivity index (χ1v) is 7.85. The molecule has 2 aliphatic heterocycles. The van der Waals surface area contributed by atoms with Gasteiger partial charge in [0.25, 0.3) is 0 Å². The van der Waals surface area contributed by atoms with E-state index in [2.05, 4.69) is 50.3 Å². The third-order valence-corrected chi connectivity index (χ3v) is 4.04. The van der Waals surface area contributed by atoms with Crippen LogP contribution in [0.2, 0.25) is 0 Å². The Balaban J connectivity index is 0.00000157. The average molecular weight is 468 g/mol. The van der Waals surface area contributed by atoms with Crippen LogP contribution in [-0.4, -0.2) is 19.9 Å². The number of aromatic amines is 2. The second kappa shape index (κ2) is 6.67. The van der Waals surface area contributed by atoms with Crippen LogP contribution < -0.4 is 0 Å². The molecule has 25 heavy (non-hydrogen) atoms. The summed E-state index contributed by atoms with van der Waals surface area (Å²) in [7, 11) is 0.